The molecule has 122 valence electrons. The van der Waals surface area contributed by atoms with E-state index in [4.69, 9.17) is 35.7 Å². The Morgan fingerprint density at radius 3 is 1.52 bits per heavy atom. The van der Waals surface area contributed by atoms with Gasteiger partial charge in [-0.05, 0) is 6.92 Å². The number of carboxylic acids is 2. The van der Waals surface area contributed by atoms with Crippen LogP contribution in [0.1, 0.15) is 6.92 Å². The van der Waals surface area contributed by atoms with Gasteiger partial charge in [0.05, 0.1) is 6.61 Å². The summed E-state index contributed by atoms with van der Waals surface area (Å²) in [6.07, 6.45) is -5.76. The minimum absolute atomic E-state index is 0.558. The molecule has 0 aromatic rings. The number of hydrogen-bond donors (Lipinski definition) is 7. The van der Waals surface area contributed by atoms with Gasteiger partial charge in [0, 0.05) is 12.2 Å². The lowest BCUT2D eigenvalue weighted by Gasteiger charge is -2.23. The van der Waals surface area contributed by atoms with E-state index in [-0.39, 0.29) is 0 Å². The molecule has 10 nitrogen and oxygen atoms in total. The van der Waals surface area contributed by atoms with E-state index >= 15 is 0 Å². The molecule has 0 saturated heterocycles. The van der Waals surface area contributed by atoms with Crippen LogP contribution in [0.3, 0.4) is 0 Å². The summed E-state index contributed by atoms with van der Waals surface area (Å²) in [4.78, 5) is 29.6. The van der Waals surface area contributed by atoms with Crippen molar-refractivity contribution < 1.29 is 50.1 Å². The topological polar surface area (TPSA) is 193 Å². The molecule has 7 N–H and O–H groups in total. The van der Waals surface area contributed by atoms with Crippen LogP contribution in [0.25, 0.3) is 0 Å². The molecule has 0 saturated carbocycles. The minimum atomic E-state index is -1.79. The van der Waals surface area contributed by atoms with Crippen LogP contribution in [0.5, 0.6) is 0 Å². The summed E-state index contributed by atoms with van der Waals surface area (Å²) < 4.78 is 0. The number of Topliss-reactive ketones (excluding diaryl/α,β-unsaturated/α-hetero) is 1. The predicted molar refractivity (Wildman–Crippen MR) is 66.2 cm³/mol. The maximum atomic E-state index is 10.5. The molecule has 0 aliphatic rings. The van der Waals surface area contributed by atoms with Crippen molar-refractivity contribution in [1.29, 1.82) is 0 Å². The normalized spacial score (nSPS) is 16.3. The summed E-state index contributed by atoms with van der Waals surface area (Å²) in [5, 5.41) is 59.9. The van der Waals surface area contributed by atoms with Gasteiger partial charge >= 0.3 is 11.9 Å². The number of carbonyl (C=O) groups excluding carboxylic acids is 1. The summed E-state index contributed by atoms with van der Waals surface area (Å²) in [5.74, 6) is -3.24. The van der Waals surface area contributed by atoms with Gasteiger partial charge in [-0.25, -0.2) is 9.59 Å². The maximum absolute atomic E-state index is 10.5. The highest BCUT2D eigenvalue weighted by molar-refractivity contribution is 5.89. The third kappa shape index (κ3) is 10.6. The third-order valence-corrected chi connectivity index (χ3v) is 2.04. The quantitative estimate of drug-likeness (QED) is 0.234. The molecule has 0 aliphatic heterocycles. The zero-order chi connectivity index (χ0) is 17.2. The molecule has 0 aromatic carbocycles. The average molecular weight is 310 g/mol. The Balaban J connectivity index is 0. The predicted octanol–water partition coefficient (Wildman–Crippen LogP) is -3.28. The molecule has 4 atom stereocenters. The number of aliphatic hydroxyl groups excluding tert-OH is 5. The van der Waals surface area contributed by atoms with E-state index in [1.807, 2.05) is 0 Å². The van der Waals surface area contributed by atoms with Gasteiger partial charge in [0.15, 0.2) is 5.78 Å². The molecule has 21 heavy (non-hydrogen) atoms. The first-order chi connectivity index (χ1) is 9.54. The van der Waals surface area contributed by atoms with Crippen molar-refractivity contribution >= 4 is 17.7 Å². The van der Waals surface area contributed by atoms with Gasteiger partial charge in [-0.3, -0.25) is 4.79 Å². The zero-order valence-corrected chi connectivity index (χ0v) is 11.0. The van der Waals surface area contributed by atoms with Gasteiger partial charge in [0.1, 0.15) is 24.4 Å². The van der Waals surface area contributed by atoms with Crippen molar-refractivity contribution in [3.05, 3.63) is 12.2 Å². The fourth-order valence-electron chi connectivity index (χ4n) is 0.905. The Labute approximate surface area is 119 Å². The highest BCUT2D eigenvalue weighted by Gasteiger charge is 2.32. The lowest BCUT2D eigenvalue weighted by atomic mass is 10.0. The molecule has 4 unspecified atom stereocenters. The summed E-state index contributed by atoms with van der Waals surface area (Å²) >= 11 is 0. The van der Waals surface area contributed by atoms with Crippen LogP contribution in [0.4, 0.5) is 0 Å². The van der Waals surface area contributed by atoms with Gasteiger partial charge < -0.3 is 35.7 Å². The lowest BCUT2D eigenvalue weighted by molar-refractivity contribution is -0.145. The van der Waals surface area contributed by atoms with E-state index in [1.54, 1.807) is 0 Å². The Bertz CT molecular complexity index is 361. The number of carbonyl (C=O) groups is 3. The van der Waals surface area contributed by atoms with Crippen molar-refractivity contribution in [3.63, 3.8) is 0 Å². The lowest BCUT2D eigenvalue weighted by Crippen LogP contribution is -2.48. The summed E-state index contributed by atoms with van der Waals surface area (Å²) in [5.41, 5.74) is 0. The highest BCUT2D eigenvalue weighted by atomic mass is 16.4. The molecule has 0 rings (SSSR count). The van der Waals surface area contributed by atoms with E-state index in [2.05, 4.69) is 0 Å². The molecule has 0 radical (unpaired) electrons. The van der Waals surface area contributed by atoms with Crippen molar-refractivity contribution in [2.45, 2.75) is 31.3 Å². The van der Waals surface area contributed by atoms with Crippen LogP contribution in [0.2, 0.25) is 0 Å². The van der Waals surface area contributed by atoms with Crippen molar-refractivity contribution in [2.75, 3.05) is 6.61 Å². The van der Waals surface area contributed by atoms with Crippen molar-refractivity contribution in [2.24, 2.45) is 0 Å². The summed E-state index contributed by atoms with van der Waals surface area (Å²) in [6.45, 7) is 0.273. The highest BCUT2D eigenvalue weighted by Crippen LogP contribution is 2.05. The van der Waals surface area contributed by atoms with Gasteiger partial charge in [-0.1, -0.05) is 0 Å². The van der Waals surface area contributed by atoms with Crippen LogP contribution in [-0.2, 0) is 14.4 Å². The Morgan fingerprint density at radius 1 is 0.905 bits per heavy atom. The van der Waals surface area contributed by atoms with Crippen molar-refractivity contribution in [3.8, 4) is 0 Å². The monoisotopic (exact) mass is 310 g/mol. The number of ketones is 1. The molecule has 0 aromatic heterocycles. The van der Waals surface area contributed by atoms with E-state index in [1.165, 1.54) is 0 Å². The Hall–Kier alpha value is -1.85. The number of aliphatic carboxylic acids is 2. The number of hydrogen-bond acceptors (Lipinski definition) is 8. The smallest absolute Gasteiger partial charge is 0.328 e. The fourth-order valence-corrected chi connectivity index (χ4v) is 0.905. The van der Waals surface area contributed by atoms with E-state index in [0.717, 1.165) is 6.92 Å². The van der Waals surface area contributed by atoms with Gasteiger partial charge in [0.2, 0.25) is 0 Å². The fraction of sp³-hybridized carbons (Fsp3) is 0.545. The molecule has 0 spiro atoms. The first-order valence-electron chi connectivity index (χ1n) is 5.52. The first-order valence-corrected chi connectivity index (χ1v) is 5.52. The van der Waals surface area contributed by atoms with Crippen LogP contribution >= 0.6 is 0 Å². The molecule has 0 heterocycles. The molecule has 0 amide bonds. The maximum Gasteiger partial charge on any atom is 0.328 e. The van der Waals surface area contributed by atoms with Crippen LogP contribution in [0.15, 0.2) is 12.2 Å². The van der Waals surface area contributed by atoms with Gasteiger partial charge in [-0.15, -0.1) is 0 Å². The van der Waals surface area contributed by atoms with Crippen molar-refractivity contribution in [1.82, 2.24) is 0 Å². The second-order valence-electron chi connectivity index (χ2n) is 3.80. The molecule has 0 aliphatic carbocycles. The largest absolute Gasteiger partial charge is 0.478 e. The summed E-state index contributed by atoms with van der Waals surface area (Å²) in [6, 6.07) is 0. The summed E-state index contributed by atoms with van der Waals surface area (Å²) in [7, 11) is 0. The molecule has 10 heteroatoms. The number of rotatable bonds is 7. The molecular formula is C11H18O10. The average Bonchev–Trinajstić information content (AvgIpc) is 2.42. The second-order valence-corrected chi connectivity index (χ2v) is 3.80. The first kappa shape index (κ1) is 21.4. The molecular weight excluding hydrogens is 292 g/mol. The van der Waals surface area contributed by atoms with Gasteiger partial charge in [0.25, 0.3) is 0 Å². The minimum Gasteiger partial charge on any atom is -0.478 e. The van der Waals surface area contributed by atoms with E-state index in [0.29, 0.717) is 12.2 Å². The molecule has 0 fully saturated rings. The number of carboxylic acid groups (broad SMARTS) is 2. The van der Waals surface area contributed by atoms with Gasteiger partial charge in [-0.2, -0.15) is 0 Å². The van der Waals surface area contributed by atoms with Crippen LogP contribution in [-0.4, -0.2) is 84.5 Å². The standard InChI is InChI=1S/C7H14O6.C4H4O4/c1-3(9)5(11)7(13)6(12)4(10)2-8;5-3(6)1-2-4(7)8/h4-8,10-13H,2H2,1H3;1-2H,(H,5,6)(H,7,8)/b;2-1+. The van der Waals surface area contributed by atoms with E-state index in [9.17, 15) is 14.4 Å². The third-order valence-electron chi connectivity index (χ3n) is 2.04. The van der Waals surface area contributed by atoms with E-state index < -0.39 is 48.7 Å². The van der Waals surface area contributed by atoms with Crippen LogP contribution in [0, 0.1) is 0 Å². The second kappa shape index (κ2) is 10.9. The number of aliphatic hydroxyl groups is 5. The molecule has 0 bridgehead atoms. The SMILES string of the molecule is CC(=O)C(O)C(O)C(O)C(O)CO.O=C(O)/C=C/C(=O)O. The zero-order valence-electron chi connectivity index (χ0n) is 11.0. The van der Waals surface area contributed by atoms with Crippen LogP contribution < -0.4 is 0 Å². The Kier molecular flexibility index (Phi) is 11.1. The Morgan fingerprint density at radius 2 is 1.29 bits per heavy atom.